The maximum absolute atomic E-state index is 12.2. The Morgan fingerprint density at radius 3 is 2.54 bits per heavy atom. The van der Waals surface area contributed by atoms with Crippen LogP contribution in [0.25, 0.3) is 0 Å². The molecule has 1 unspecified atom stereocenters. The van der Waals surface area contributed by atoms with E-state index < -0.39 is 15.9 Å². The number of nitrogens with zero attached hydrogens (tertiary/aromatic N) is 1. The maximum Gasteiger partial charge on any atom is 0.191 e. The van der Waals surface area contributed by atoms with E-state index in [4.69, 9.17) is 0 Å². The fourth-order valence-electron chi connectivity index (χ4n) is 3.47. The fourth-order valence-corrected chi connectivity index (χ4v) is 5.94. The number of rotatable bonds is 8. The topological polar surface area (TPSA) is 90.8 Å². The van der Waals surface area contributed by atoms with E-state index in [9.17, 15) is 13.5 Å². The quantitative estimate of drug-likeness (QED) is 0.266. The predicted molar refractivity (Wildman–Crippen MR) is 127 cm³/mol. The van der Waals surface area contributed by atoms with E-state index in [0.717, 1.165) is 31.2 Å². The average Bonchev–Trinajstić information content (AvgIpc) is 3.15. The molecule has 0 radical (unpaired) electrons. The summed E-state index contributed by atoms with van der Waals surface area (Å²) in [7, 11) is -3.46. The van der Waals surface area contributed by atoms with E-state index in [-0.39, 0.29) is 40.5 Å². The van der Waals surface area contributed by atoms with Gasteiger partial charge in [-0.15, -0.1) is 35.3 Å². The van der Waals surface area contributed by atoms with Gasteiger partial charge in [0.2, 0.25) is 0 Å². The van der Waals surface area contributed by atoms with Crippen molar-refractivity contribution in [3.63, 3.8) is 0 Å². The third-order valence-corrected chi connectivity index (χ3v) is 8.36. The van der Waals surface area contributed by atoms with Gasteiger partial charge in [-0.1, -0.05) is 19.9 Å². The summed E-state index contributed by atoms with van der Waals surface area (Å²) in [6.07, 6.45) is 3.64. The van der Waals surface area contributed by atoms with E-state index in [2.05, 4.69) is 29.5 Å². The van der Waals surface area contributed by atoms with Crippen LogP contribution in [0.4, 0.5) is 0 Å². The van der Waals surface area contributed by atoms with Crippen molar-refractivity contribution in [1.29, 1.82) is 0 Å². The minimum atomic E-state index is -3.46. The van der Waals surface area contributed by atoms with Crippen LogP contribution < -0.4 is 10.6 Å². The van der Waals surface area contributed by atoms with Crippen LogP contribution in [0.5, 0.6) is 0 Å². The highest BCUT2D eigenvalue weighted by Crippen LogP contribution is 2.29. The molecule has 1 aliphatic carbocycles. The molecule has 0 bridgehead atoms. The molecular formula is C19H34IN3O3S2. The van der Waals surface area contributed by atoms with E-state index >= 15 is 0 Å². The highest BCUT2D eigenvalue weighted by molar-refractivity contribution is 14.0. The van der Waals surface area contributed by atoms with Gasteiger partial charge in [-0.05, 0) is 55.9 Å². The molecule has 6 nitrogen and oxygen atoms in total. The lowest BCUT2D eigenvalue weighted by Crippen LogP contribution is -2.45. The number of halogens is 1. The van der Waals surface area contributed by atoms with Gasteiger partial charge in [0.1, 0.15) is 4.21 Å². The summed E-state index contributed by atoms with van der Waals surface area (Å²) < 4.78 is 24.8. The molecule has 28 heavy (non-hydrogen) atoms. The Kier molecular flexibility index (Phi) is 11.3. The summed E-state index contributed by atoms with van der Waals surface area (Å²) in [4.78, 5) is 4.41. The average molecular weight is 544 g/mol. The fraction of sp³-hybridized carbons (Fsp3) is 0.737. The van der Waals surface area contributed by atoms with Crippen LogP contribution in [-0.4, -0.2) is 50.5 Å². The number of aliphatic imine (C=N–C) groups is 1. The largest absolute Gasteiger partial charge is 0.390 e. The summed E-state index contributed by atoms with van der Waals surface area (Å²) in [6.45, 7) is 7.34. The molecule has 0 aliphatic heterocycles. The van der Waals surface area contributed by atoms with Crippen molar-refractivity contribution in [3.8, 4) is 0 Å². The zero-order valence-electron chi connectivity index (χ0n) is 16.9. The van der Waals surface area contributed by atoms with Gasteiger partial charge in [-0.25, -0.2) is 8.42 Å². The zero-order valence-corrected chi connectivity index (χ0v) is 20.9. The van der Waals surface area contributed by atoms with Gasteiger partial charge >= 0.3 is 0 Å². The van der Waals surface area contributed by atoms with E-state index in [1.54, 1.807) is 17.5 Å². The SMILES string of the molecule is CCNC(=NCC(O)CS(=O)(=O)c1cccs1)NC1CCC(C(C)C)CC1.I. The predicted octanol–water partition coefficient (Wildman–Crippen LogP) is 3.27. The molecular weight excluding hydrogens is 509 g/mol. The summed E-state index contributed by atoms with van der Waals surface area (Å²) in [6, 6.07) is 3.64. The Bertz CT molecular complexity index is 685. The Labute approximate surface area is 190 Å². The maximum atomic E-state index is 12.2. The lowest BCUT2D eigenvalue weighted by atomic mass is 9.80. The minimum absolute atomic E-state index is 0. The van der Waals surface area contributed by atoms with Gasteiger partial charge < -0.3 is 15.7 Å². The molecule has 1 atom stereocenters. The van der Waals surface area contributed by atoms with Crippen LogP contribution in [0.2, 0.25) is 0 Å². The second kappa shape index (κ2) is 12.3. The Morgan fingerprint density at radius 2 is 2.00 bits per heavy atom. The summed E-state index contributed by atoms with van der Waals surface area (Å²) in [5.41, 5.74) is 0. The van der Waals surface area contributed by atoms with Crippen molar-refractivity contribution in [3.05, 3.63) is 17.5 Å². The number of guanidine groups is 1. The number of thiophene rings is 1. The van der Waals surface area contributed by atoms with Gasteiger partial charge in [0.05, 0.1) is 18.4 Å². The minimum Gasteiger partial charge on any atom is -0.390 e. The first-order valence-electron chi connectivity index (χ1n) is 9.81. The van der Waals surface area contributed by atoms with Crippen molar-refractivity contribution in [2.24, 2.45) is 16.8 Å². The molecule has 1 heterocycles. The van der Waals surface area contributed by atoms with Crippen LogP contribution >= 0.6 is 35.3 Å². The van der Waals surface area contributed by atoms with Crippen molar-refractivity contribution < 1.29 is 13.5 Å². The molecule has 162 valence electrons. The van der Waals surface area contributed by atoms with Gasteiger partial charge in [0, 0.05) is 12.6 Å². The molecule has 0 spiro atoms. The molecule has 3 N–H and O–H groups in total. The molecule has 0 saturated heterocycles. The lowest BCUT2D eigenvalue weighted by molar-refractivity contribution is 0.205. The highest BCUT2D eigenvalue weighted by Gasteiger charge is 2.24. The first-order chi connectivity index (χ1) is 12.8. The number of aliphatic hydroxyl groups is 1. The van der Waals surface area contributed by atoms with Gasteiger partial charge in [0.25, 0.3) is 0 Å². The molecule has 1 aliphatic rings. The van der Waals surface area contributed by atoms with Gasteiger partial charge in [-0.3, -0.25) is 4.99 Å². The Hall–Kier alpha value is -0.390. The third-order valence-electron chi connectivity index (χ3n) is 5.07. The number of sulfone groups is 1. The lowest BCUT2D eigenvalue weighted by Gasteiger charge is -2.32. The normalized spacial score (nSPS) is 21.8. The summed E-state index contributed by atoms with van der Waals surface area (Å²) in [5.74, 6) is 1.87. The molecule has 0 amide bonds. The van der Waals surface area contributed by atoms with E-state index in [1.807, 2.05) is 6.92 Å². The van der Waals surface area contributed by atoms with Crippen LogP contribution in [0.3, 0.4) is 0 Å². The standard InChI is InChI=1S/C19H33N3O3S2.HI/c1-4-20-19(22-16-9-7-15(8-10-16)14(2)3)21-12-17(23)13-27(24,25)18-6-5-11-26-18;/h5-6,11,14-17,23H,4,7-10,12-13H2,1-3H3,(H2,20,21,22);1H. The zero-order chi connectivity index (χ0) is 19.9. The third kappa shape index (κ3) is 8.16. The van der Waals surface area contributed by atoms with Crippen LogP contribution in [0, 0.1) is 11.8 Å². The molecule has 2 rings (SSSR count). The van der Waals surface area contributed by atoms with Crippen LogP contribution in [0.15, 0.2) is 26.7 Å². The molecule has 1 aromatic heterocycles. The summed E-state index contributed by atoms with van der Waals surface area (Å²) >= 11 is 1.17. The highest BCUT2D eigenvalue weighted by atomic mass is 127. The smallest absolute Gasteiger partial charge is 0.191 e. The van der Waals surface area contributed by atoms with Crippen molar-refractivity contribution in [2.75, 3.05) is 18.8 Å². The molecule has 0 aromatic carbocycles. The van der Waals surface area contributed by atoms with E-state index in [1.165, 1.54) is 24.2 Å². The second-order valence-electron chi connectivity index (χ2n) is 7.59. The number of hydrogen-bond donors (Lipinski definition) is 3. The first-order valence-corrected chi connectivity index (χ1v) is 12.3. The molecule has 1 fully saturated rings. The van der Waals surface area contributed by atoms with Gasteiger partial charge in [-0.2, -0.15) is 0 Å². The number of hydrogen-bond acceptors (Lipinski definition) is 5. The van der Waals surface area contributed by atoms with Crippen molar-refractivity contribution >= 4 is 51.1 Å². The second-order valence-corrected chi connectivity index (χ2v) is 10.8. The summed E-state index contributed by atoms with van der Waals surface area (Å²) in [5, 5.41) is 18.5. The number of aliphatic hydroxyl groups excluding tert-OH is 1. The molecule has 9 heteroatoms. The van der Waals surface area contributed by atoms with Crippen molar-refractivity contribution in [2.45, 2.75) is 62.8 Å². The van der Waals surface area contributed by atoms with E-state index in [0.29, 0.717) is 12.0 Å². The Balaban J connectivity index is 0.00000392. The monoisotopic (exact) mass is 543 g/mol. The van der Waals surface area contributed by atoms with Gasteiger partial charge in [0.15, 0.2) is 15.8 Å². The molecule has 1 aromatic rings. The Morgan fingerprint density at radius 1 is 1.32 bits per heavy atom. The van der Waals surface area contributed by atoms with Crippen LogP contribution in [0.1, 0.15) is 46.5 Å². The number of nitrogens with one attached hydrogen (secondary N) is 2. The first kappa shape index (κ1) is 25.6. The van der Waals surface area contributed by atoms with Crippen LogP contribution in [-0.2, 0) is 9.84 Å². The molecule has 1 saturated carbocycles. The van der Waals surface area contributed by atoms with Crippen molar-refractivity contribution in [1.82, 2.24) is 10.6 Å².